The van der Waals surface area contributed by atoms with Gasteiger partial charge in [-0.1, -0.05) is 30.3 Å². The minimum absolute atomic E-state index is 0.0349. The van der Waals surface area contributed by atoms with Gasteiger partial charge in [0.2, 0.25) is 0 Å². The van der Waals surface area contributed by atoms with Gasteiger partial charge in [-0.3, -0.25) is 18.9 Å². The average molecular weight is 430 g/mol. The minimum atomic E-state index is -3.29. The van der Waals surface area contributed by atoms with Gasteiger partial charge in [-0.15, -0.1) is 0 Å². The van der Waals surface area contributed by atoms with Gasteiger partial charge in [0.15, 0.2) is 0 Å². The number of hydrogen-bond donors (Lipinski definition) is 4. The summed E-state index contributed by atoms with van der Waals surface area (Å²) in [6.07, 6.45) is -3.12. The number of halogens is 3. The first-order valence-corrected chi connectivity index (χ1v) is 10.7. The van der Waals surface area contributed by atoms with E-state index in [1.165, 1.54) is 12.1 Å². The van der Waals surface area contributed by atoms with Crippen LogP contribution >= 0.6 is 10.6 Å². The van der Waals surface area contributed by atoms with Crippen LogP contribution in [0.2, 0.25) is 0 Å². The van der Waals surface area contributed by atoms with Gasteiger partial charge in [-0.25, -0.2) is 4.39 Å². The minimum Gasteiger partial charge on any atom is -0.386 e. The van der Waals surface area contributed by atoms with E-state index in [2.05, 4.69) is 4.98 Å². The summed E-state index contributed by atoms with van der Waals surface area (Å²) in [6.45, 7) is -1.20. The Kier molecular flexibility index (Phi) is 6.47. The van der Waals surface area contributed by atoms with Crippen LogP contribution in [0.4, 0.5) is 13.2 Å². The molecule has 2 aromatic rings. The van der Waals surface area contributed by atoms with Crippen molar-refractivity contribution in [2.24, 2.45) is 0 Å². The number of alkyl halides is 3. The fraction of sp³-hybridized carbons (Fsp3) is 0.368. The molecule has 0 saturated carbocycles. The summed E-state index contributed by atoms with van der Waals surface area (Å²) in [4.78, 5) is 15.4. The zero-order valence-electron chi connectivity index (χ0n) is 15.2. The number of pyridine rings is 1. The Balaban J connectivity index is 1.67. The zero-order valence-corrected chi connectivity index (χ0v) is 16.0. The third-order valence-electron chi connectivity index (χ3n) is 4.80. The maximum absolute atomic E-state index is 13.1. The lowest BCUT2D eigenvalue weighted by atomic mass is 9.99. The number of hydrogen-bond acceptors (Lipinski definition) is 5. The van der Waals surface area contributed by atoms with Gasteiger partial charge in [0.1, 0.15) is 12.8 Å². The molecule has 0 radical (unpaired) electrons. The van der Waals surface area contributed by atoms with Crippen LogP contribution in [-0.2, 0) is 4.79 Å². The van der Waals surface area contributed by atoms with Gasteiger partial charge in [0.25, 0.3) is 5.91 Å². The maximum atomic E-state index is 13.1. The molecule has 1 aliphatic rings. The monoisotopic (exact) mass is 430 g/mol. The summed E-state index contributed by atoms with van der Waals surface area (Å²) in [5.41, 5.74) is 2.61. The van der Waals surface area contributed by atoms with Crippen molar-refractivity contribution in [1.29, 1.82) is 0 Å². The molecule has 1 aliphatic heterocycles. The first-order chi connectivity index (χ1) is 13.7. The van der Waals surface area contributed by atoms with E-state index in [0.29, 0.717) is 11.5 Å². The molecule has 1 aromatic carbocycles. The van der Waals surface area contributed by atoms with Crippen LogP contribution in [0.15, 0.2) is 42.6 Å². The molecule has 1 amide bonds. The first-order valence-electron chi connectivity index (χ1n) is 8.82. The Morgan fingerprint density at radius 1 is 1.14 bits per heavy atom. The number of benzene rings is 1. The number of aliphatic hydroxyl groups excluding tert-OH is 1. The third-order valence-corrected chi connectivity index (χ3v) is 6.67. The molecular weight excluding hydrogens is 409 g/mol. The van der Waals surface area contributed by atoms with Crippen molar-refractivity contribution in [3.05, 3.63) is 53.9 Å². The molecule has 0 bridgehead atoms. The van der Waals surface area contributed by atoms with Gasteiger partial charge >= 0.3 is 6.43 Å². The molecule has 158 valence electrons. The van der Waals surface area contributed by atoms with Gasteiger partial charge in [-0.05, 0) is 17.2 Å². The second kappa shape index (κ2) is 8.70. The normalized spacial score (nSPS) is 19.3. The average Bonchev–Trinajstić information content (AvgIpc) is 2.69. The van der Waals surface area contributed by atoms with E-state index in [4.69, 9.17) is 0 Å². The second-order valence-electron chi connectivity index (χ2n) is 6.94. The van der Waals surface area contributed by atoms with Crippen molar-refractivity contribution in [1.82, 2.24) is 10.3 Å². The van der Waals surface area contributed by atoms with Crippen LogP contribution in [0.3, 0.4) is 0 Å². The van der Waals surface area contributed by atoms with Crippen molar-refractivity contribution in [2.45, 2.75) is 24.5 Å². The molecule has 0 aliphatic carbocycles. The van der Waals surface area contributed by atoms with Crippen LogP contribution in [0, 0.1) is 0 Å². The maximum Gasteiger partial charge on any atom is 0.315 e. The summed E-state index contributed by atoms with van der Waals surface area (Å²) in [7, 11) is -2.43. The fourth-order valence-corrected chi connectivity index (χ4v) is 4.67. The third kappa shape index (κ3) is 5.08. The number of aromatic nitrogens is 1. The van der Waals surface area contributed by atoms with E-state index in [1.807, 2.05) is 12.1 Å². The van der Waals surface area contributed by atoms with E-state index in [0.717, 1.165) is 16.8 Å². The van der Waals surface area contributed by atoms with Crippen LogP contribution in [0.5, 0.6) is 0 Å². The summed E-state index contributed by atoms with van der Waals surface area (Å²) in [5.74, 6) is -0.956. The molecular formula is C19H21F3N2O4S. The van der Waals surface area contributed by atoms with Crippen LogP contribution < -0.4 is 5.32 Å². The van der Waals surface area contributed by atoms with E-state index in [9.17, 15) is 32.2 Å². The summed E-state index contributed by atoms with van der Waals surface area (Å²) in [6, 6.07) is 8.55. The highest BCUT2D eigenvalue weighted by molar-refractivity contribution is 8.25. The largest absolute Gasteiger partial charge is 0.386 e. The van der Waals surface area contributed by atoms with Gasteiger partial charge < -0.3 is 10.4 Å². The summed E-state index contributed by atoms with van der Waals surface area (Å²) < 4.78 is 56.7. The number of carbonyl (C=O) groups excluding carboxylic acids is 1. The smallest absolute Gasteiger partial charge is 0.315 e. The second-order valence-corrected chi connectivity index (χ2v) is 9.21. The van der Waals surface area contributed by atoms with Crippen molar-refractivity contribution >= 4 is 16.5 Å². The molecule has 1 aromatic heterocycles. The van der Waals surface area contributed by atoms with Gasteiger partial charge in [-0.2, -0.15) is 19.4 Å². The lowest BCUT2D eigenvalue weighted by Gasteiger charge is -2.46. The van der Waals surface area contributed by atoms with E-state index in [1.54, 1.807) is 23.6 Å². The molecule has 29 heavy (non-hydrogen) atoms. The Morgan fingerprint density at radius 3 is 2.24 bits per heavy atom. The lowest BCUT2D eigenvalue weighted by molar-refractivity contribution is -0.133. The number of rotatable bonds is 7. The number of nitrogens with one attached hydrogen (secondary N) is 1. The standard InChI is InChI=1S/C19H21F3N2O4S/c20-7-16(24-19(26)18(21)22)17(25)12-3-1-11(2-4-12)13-5-6-15(23-8-13)14-9-29(27,28)10-14/h1-6,8,14,16-18,25,27-28H,7,9-10H2,(H,24,26)/t16-,17+/m1/s1. The highest BCUT2D eigenvalue weighted by Crippen LogP contribution is 2.55. The van der Waals surface area contributed by atoms with Crippen molar-refractivity contribution in [3.8, 4) is 11.1 Å². The Bertz CT molecular complexity index is 842. The molecule has 1 fully saturated rings. The molecule has 0 unspecified atom stereocenters. The Hall–Kier alpha value is -2.14. The van der Waals surface area contributed by atoms with Crippen molar-refractivity contribution in [3.63, 3.8) is 0 Å². The quantitative estimate of drug-likeness (QED) is 0.540. The SMILES string of the molecule is O=C(N[C@H](CF)[C@@H](O)c1ccc(-c2ccc(C3CS(O)(O)C3)nc2)cc1)C(F)F. The van der Waals surface area contributed by atoms with Crippen LogP contribution in [0.1, 0.15) is 23.3 Å². The van der Waals surface area contributed by atoms with Gasteiger partial charge in [0, 0.05) is 34.9 Å². The van der Waals surface area contributed by atoms with Crippen LogP contribution in [-0.4, -0.2) is 55.8 Å². The number of nitrogens with zero attached hydrogens (tertiary/aromatic N) is 1. The predicted octanol–water partition coefficient (Wildman–Crippen LogP) is 3.35. The molecule has 10 heteroatoms. The summed E-state index contributed by atoms with van der Waals surface area (Å²) in [5, 5.41) is 12.0. The lowest BCUT2D eigenvalue weighted by Crippen LogP contribution is -2.43. The molecule has 6 nitrogen and oxygen atoms in total. The molecule has 0 spiro atoms. The molecule has 3 rings (SSSR count). The first kappa shape index (κ1) is 21.6. The fourth-order valence-electron chi connectivity index (χ4n) is 3.14. The predicted molar refractivity (Wildman–Crippen MR) is 104 cm³/mol. The number of amides is 1. The number of carbonyl (C=O) groups is 1. The van der Waals surface area contributed by atoms with E-state index < -0.39 is 41.7 Å². The van der Waals surface area contributed by atoms with Crippen molar-refractivity contribution < 1.29 is 32.2 Å². The van der Waals surface area contributed by atoms with Gasteiger partial charge in [0.05, 0.1) is 6.04 Å². The Morgan fingerprint density at radius 2 is 1.76 bits per heavy atom. The zero-order chi connectivity index (χ0) is 21.2. The summed E-state index contributed by atoms with van der Waals surface area (Å²) >= 11 is 0. The highest BCUT2D eigenvalue weighted by Gasteiger charge is 2.35. The number of aliphatic hydroxyl groups is 1. The highest BCUT2D eigenvalue weighted by atomic mass is 32.3. The van der Waals surface area contributed by atoms with Crippen molar-refractivity contribution in [2.75, 3.05) is 18.2 Å². The molecule has 4 N–H and O–H groups in total. The topological polar surface area (TPSA) is 103 Å². The Labute approximate surface area is 167 Å². The van der Waals surface area contributed by atoms with Crippen LogP contribution in [0.25, 0.3) is 11.1 Å². The molecule has 2 heterocycles. The van der Waals surface area contributed by atoms with E-state index in [-0.39, 0.29) is 11.5 Å². The van der Waals surface area contributed by atoms with E-state index >= 15 is 0 Å². The molecule has 1 saturated heterocycles. The molecule has 2 atom stereocenters.